The second-order valence-corrected chi connectivity index (χ2v) is 7.21. The van der Waals surface area contributed by atoms with Gasteiger partial charge in [-0.1, -0.05) is 71.9 Å². The summed E-state index contributed by atoms with van der Waals surface area (Å²) in [5.74, 6) is 0.689. The second-order valence-electron chi connectivity index (χ2n) is 5.77. The van der Waals surface area contributed by atoms with Crippen molar-refractivity contribution in [3.63, 3.8) is 0 Å². The monoisotopic (exact) mass is 394 g/mol. The highest BCUT2D eigenvalue weighted by Gasteiger charge is 2.11. The molecule has 2 heterocycles. The summed E-state index contributed by atoms with van der Waals surface area (Å²) in [5.41, 5.74) is 2.20. The molecule has 0 bridgehead atoms. The van der Waals surface area contributed by atoms with E-state index in [2.05, 4.69) is 15.1 Å². The van der Waals surface area contributed by atoms with Crippen LogP contribution in [0, 0.1) is 0 Å². The molecule has 0 spiro atoms. The number of aromatic amines is 1. The lowest BCUT2D eigenvalue weighted by Crippen LogP contribution is -2.09. The van der Waals surface area contributed by atoms with Gasteiger partial charge in [-0.15, -0.1) is 0 Å². The maximum Gasteiger partial charge on any atom is 0.262 e. The minimum atomic E-state index is -0.206. The lowest BCUT2D eigenvalue weighted by molar-refractivity contribution is 0.873. The predicted octanol–water partition coefficient (Wildman–Crippen LogP) is 4.57. The highest BCUT2D eigenvalue weighted by molar-refractivity contribution is 7.99. The van der Waals surface area contributed by atoms with Crippen LogP contribution in [-0.4, -0.2) is 25.5 Å². The van der Waals surface area contributed by atoms with Gasteiger partial charge >= 0.3 is 0 Å². The Hall–Kier alpha value is -2.83. The number of hydrogen-bond acceptors (Lipinski definition) is 4. The van der Waals surface area contributed by atoms with Gasteiger partial charge in [0, 0.05) is 10.8 Å². The summed E-state index contributed by atoms with van der Waals surface area (Å²) in [6, 6.07) is 17.3. The fourth-order valence-corrected chi connectivity index (χ4v) is 3.49. The van der Waals surface area contributed by atoms with Gasteiger partial charge in [0.2, 0.25) is 0 Å². The molecule has 0 atom stereocenters. The Morgan fingerprint density at radius 1 is 1.15 bits per heavy atom. The van der Waals surface area contributed by atoms with Crippen LogP contribution >= 0.6 is 23.4 Å². The predicted molar refractivity (Wildman–Crippen MR) is 111 cm³/mol. The molecular weight excluding hydrogens is 380 g/mol. The highest BCUT2D eigenvalue weighted by Crippen LogP contribution is 2.20. The Balaban J connectivity index is 1.60. The summed E-state index contributed by atoms with van der Waals surface area (Å²) < 4.78 is 1.63. The number of nitrogens with zero attached hydrogens (tertiary/aromatic N) is 3. The topological polar surface area (TPSA) is 63.6 Å². The quantitative estimate of drug-likeness (QED) is 0.398. The first-order valence-electron chi connectivity index (χ1n) is 8.29. The molecule has 0 fully saturated rings. The van der Waals surface area contributed by atoms with Gasteiger partial charge in [0.15, 0.2) is 10.8 Å². The molecule has 0 amide bonds. The van der Waals surface area contributed by atoms with E-state index in [-0.39, 0.29) is 5.56 Å². The van der Waals surface area contributed by atoms with Crippen LogP contribution in [-0.2, 0) is 0 Å². The zero-order valence-corrected chi connectivity index (χ0v) is 15.7. The Kier molecular flexibility index (Phi) is 5.09. The minimum Gasteiger partial charge on any atom is -0.301 e. The van der Waals surface area contributed by atoms with Crippen molar-refractivity contribution in [2.75, 3.05) is 5.75 Å². The van der Waals surface area contributed by atoms with Gasteiger partial charge in [-0.05, 0) is 23.8 Å². The average molecular weight is 395 g/mol. The maximum absolute atomic E-state index is 12.4. The number of halogens is 1. The minimum absolute atomic E-state index is 0.206. The van der Waals surface area contributed by atoms with Crippen LogP contribution in [0.25, 0.3) is 22.8 Å². The Labute approximate surface area is 164 Å². The van der Waals surface area contributed by atoms with Gasteiger partial charge in [-0.2, -0.15) is 5.10 Å². The highest BCUT2D eigenvalue weighted by atomic mass is 35.5. The van der Waals surface area contributed by atoms with E-state index >= 15 is 0 Å². The van der Waals surface area contributed by atoms with E-state index in [1.54, 1.807) is 16.8 Å². The van der Waals surface area contributed by atoms with Crippen LogP contribution in [0.5, 0.6) is 0 Å². The Bertz CT molecular complexity index is 1170. The van der Waals surface area contributed by atoms with E-state index in [1.807, 2.05) is 54.6 Å². The third-order valence-electron chi connectivity index (χ3n) is 3.90. The van der Waals surface area contributed by atoms with E-state index in [9.17, 15) is 4.79 Å². The second kappa shape index (κ2) is 7.82. The van der Waals surface area contributed by atoms with Crippen LogP contribution in [0.3, 0.4) is 0 Å². The van der Waals surface area contributed by atoms with Crippen molar-refractivity contribution in [1.29, 1.82) is 0 Å². The van der Waals surface area contributed by atoms with E-state index in [0.29, 0.717) is 27.0 Å². The summed E-state index contributed by atoms with van der Waals surface area (Å²) in [7, 11) is 0. The third kappa shape index (κ3) is 3.97. The number of aromatic nitrogens is 4. The molecule has 0 saturated carbocycles. The molecule has 0 saturated heterocycles. The molecule has 0 radical (unpaired) electrons. The molecule has 2 aromatic heterocycles. The van der Waals surface area contributed by atoms with Crippen molar-refractivity contribution in [3.05, 3.63) is 87.8 Å². The number of hydrogen-bond donors (Lipinski definition) is 1. The summed E-state index contributed by atoms with van der Waals surface area (Å²) in [6.07, 6.45) is 5.60. The number of rotatable bonds is 5. The zero-order valence-electron chi connectivity index (χ0n) is 14.2. The number of nitrogens with one attached hydrogen (secondary N) is 1. The normalized spacial score (nSPS) is 11.4. The van der Waals surface area contributed by atoms with Crippen molar-refractivity contribution in [2.24, 2.45) is 0 Å². The molecule has 0 aliphatic carbocycles. The van der Waals surface area contributed by atoms with Crippen LogP contribution in [0.2, 0.25) is 5.02 Å². The van der Waals surface area contributed by atoms with Crippen molar-refractivity contribution >= 4 is 40.5 Å². The molecular formula is C20H15ClN4OS. The maximum atomic E-state index is 12.4. The van der Waals surface area contributed by atoms with Gasteiger partial charge in [-0.25, -0.2) is 9.67 Å². The van der Waals surface area contributed by atoms with Crippen LogP contribution in [0.4, 0.5) is 0 Å². The first kappa shape index (κ1) is 17.6. The molecule has 134 valence electrons. The molecule has 2 aromatic carbocycles. The van der Waals surface area contributed by atoms with Gasteiger partial charge in [0.25, 0.3) is 5.56 Å². The van der Waals surface area contributed by atoms with Gasteiger partial charge < -0.3 is 4.98 Å². The molecule has 27 heavy (non-hydrogen) atoms. The molecule has 7 heteroatoms. The lowest BCUT2D eigenvalue weighted by Gasteiger charge is -2.04. The van der Waals surface area contributed by atoms with E-state index < -0.39 is 0 Å². The first-order chi connectivity index (χ1) is 13.2. The summed E-state index contributed by atoms with van der Waals surface area (Å²) in [4.78, 5) is 19.7. The fourth-order valence-electron chi connectivity index (χ4n) is 2.64. The van der Waals surface area contributed by atoms with Crippen molar-refractivity contribution in [3.8, 4) is 5.69 Å². The molecule has 4 aromatic rings. The largest absolute Gasteiger partial charge is 0.301 e. The standard InChI is InChI=1S/C20H15ClN4OS/c21-15-9-4-10-16(12-15)25-18-17(13-22-25)19(26)24-20(23-18)27-11-5-8-14-6-2-1-3-7-14/h1-10,12-13H,11H2,(H,23,24,26). The Morgan fingerprint density at radius 3 is 2.81 bits per heavy atom. The molecule has 1 N–H and O–H groups in total. The summed E-state index contributed by atoms with van der Waals surface area (Å²) >= 11 is 7.53. The zero-order chi connectivity index (χ0) is 18.6. The van der Waals surface area contributed by atoms with Gasteiger partial charge in [0.05, 0.1) is 11.9 Å². The molecule has 0 aliphatic heterocycles. The summed E-state index contributed by atoms with van der Waals surface area (Å²) in [6.45, 7) is 0. The molecule has 0 aliphatic rings. The summed E-state index contributed by atoms with van der Waals surface area (Å²) in [5, 5.41) is 5.89. The van der Waals surface area contributed by atoms with E-state index in [1.165, 1.54) is 18.0 Å². The van der Waals surface area contributed by atoms with Crippen molar-refractivity contribution in [2.45, 2.75) is 5.16 Å². The number of fused-ring (bicyclic) bond motifs is 1. The van der Waals surface area contributed by atoms with Gasteiger partial charge in [0.1, 0.15) is 5.39 Å². The van der Waals surface area contributed by atoms with E-state index in [0.717, 1.165) is 11.3 Å². The third-order valence-corrected chi connectivity index (χ3v) is 4.96. The SMILES string of the molecule is O=c1[nH]c(SCC=Cc2ccccc2)nc2c1cnn2-c1cccc(Cl)c1. The lowest BCUT2D eigenvalue weighted by atomic mass is 10.2. The molecule has 4 rings (SSSR count). The molecule has 5 nitrogen and oxygen atoms in total. The Morgan fingerprint density at radius 2 is 2.00 bits per heavy atom. The van der Waals surface area contributed by atoms with Crippen molar-refractivity contribution < 1.29 is 0 Å². The average Bonchev–Trinajstić information content (AvgIpc) is 3.11. The smallest absolute Gasteiger partial charge is 0.262 e. The number of thioether (sulfide) groups is 1. The van der Waals surface area contributed by atoms with Crippen LogP contribution < -0.4 is 5.56 Å². The van der Waals surface area contributed by atoms with Crippen molar-refractivity contribution in [1.82, 2.24) is 19.7 Å². The first-order valence-corrected chi connectivity index (χ1v) is 9.65. The number of H-pyrrole nitrogens is 1. The van der Waals surface area contributed by atoms with Gasteiger partial charge in [-0.3, -0.25) is 4.79 Å². The van der Waals surface area contributed by atoms with E-state index in [4.69, 9.17) is 11.6 Å². The van der Waals surface area contributed by atoms with Crippen LogP contribution in [0.1, 0.15) is 5.56 Å². The molecule has 0 unspecified atom stereocenters. The fraction of sp³-hybridized carbons (Fsp3) is 0.0500. The number of benzene rings is 2. The van der Waals surface area contributed by atoms with Crippen LogP contribution in [0.15, 0.2) is 76.8 Å².